The van der Waals surface area contributed by atoms with Crippen molar-refractivity contribution in [1.82, 2.24) is 20.0 Å². The molecule has 0 saturated carbocycles. The smallest absolute Gasteiger partial charge is 0.356 e. The number of fused-ring (bicyclic) bond motifs is 1. The van der Waals surface area contributed by atoms with E-state index < -0.39 is 23.1 Å². The Morgan fingerprint density at radius 3 is 2.46 bits per heavy atom. The summed E-state index contributed by atoms with van der Waals surface area (Å²) in [5, 5.41) is 8.07. The lowest BCUT2D eigenvalue weighted by Crippen LogP contribution is -2.60. The van der Waals surface area contributed by atoms with Crippen molar-refractivity contribution in [1.29, 1.82) is 0 Å². The molecule has 1 N–H and O–H groups in total. The highest BCUT2D eigenvalue weighted by atomic mass is 19.4. The zero-order valence-corrected chi connectivity index (χ0v) is 20.7. The summed E-state index contributed by atoms with van der Waals surface area (Å²) < 4.78 is 51.5. The van der Waals surface area contributed by atoms with Crippen molar-refractivity contribution in [2.75, 3.05) is 26.7 Å². The lowest BCUT2D eigenvalue weighted by atomic mass is 9.63. The SMILES string of the molecule is CO[C@@](C(=O)N1CCC2(CC1)CC(=O)NC[C@H]2c1ccnn1C)(c1cccc2ccccc12)C(F)(F)F. The van der Waals surface area contributed by atoms with E-state index in [1.165, 1.54) is 17.0 Å². The van der Waals surface area contributed by atoms with E-state index in [4.69, 9.17) is 4.74 Å². The molecule has 1 aromatic heterocycles. The summed E-state index contributed by atoms with van der Waals surface area (Å²) in [6.45, 7) is 0.603. The highest BCUT2D eigenvalue weighted by Crippen LogP contribution is 2.51. The molecule has 2 aromatic carbocycles. The van der Waals surface area contributed by atoms with E-state index in [0.717, 1.165) is 12.8 Å². The predicted molar refractivity (Wildman–Crippen MR) is 131 cm³/mol. The van der Waals surface area contributed by atoms with E-state index in [1.807, 2.05) is 13.1 Å². The minimum atomic E-state index is -5.00. The number of carbonyl (C=O) groups is 2. The van der Waals surface area contributed by atoms with Crippen LogP contribution in [0.2, 0.25) is 0 Å². The van der Waals surface area contributed by atoms with Gasteiger partial charge in [-0.05, 0) is 35.1 Å². The highest BCUT2D eigenvalue weighted by molar-refractivity contribution is 5.95. The van der Waals surface area contributed by atoms with Crippen LogP contribution in [-0.4, -0.2) is 59.4 Å². The summed E-state index contributed by atoms with van der Waals surface area (Å²) >= 11 is 0. The summed E-state index contributed by atoms with van der Waals surface area (Å²) in [5.74, 6) is -1.27. The Balaban J connectivity index is 1.49. The minimum absolute atomic E-state index is 0.0529. The Morgan fingerprint density at radius 1 is 1.11 bits per heavy atom. The van der Waals surface area contributed by atoms with Crippen LogP contribution in [0.4, 0.5) is 13.2 Å². The molecule has 2 fully saturated rings. The first-order valence-electron chi connectivity index (χ1n) is 12.3. The molecule has 5 rings (SSSR count). The van der Waals surface area contributed by atoms with Gasteiger partial charge in [0.2, 0.25) is 5.91 Å². The number of methoxy groups -OCH3 is 1. The van der Waals surface area contributed by atoms with Crippen molar-refractivity contribution in [2.45, 2.75) is 37.0 Å². The molecule has 10 heteroatoms. The molecule has 2 amide bonds. The van der Waals surface area contributed by atoms with Crippen LogP contribution in [0, 0.1) is 5.41 Å². The number of benzene rings is 2. The molecule has 0 unspecified atom stereocenters. The van der Waals surface area contributed by atoms with Gasteiger partial charge >= 0.3 is 6.18 Å². The van der Waals surface area contributed by atoms with Gasteiger partial charge in [0.1, 0.15) is 0 Å². The van der Waals surface area contributed by atoms with Crippen LogP contribution in [0.5, 0.6) is 0 Å². The number of halogens is 3. The molecule has 196 valence electrons. The Labute approximate surface area is 212 Å². The molecule has 3 aromatic rings. The van der Waals surface area contributed by atoms with Crippen LogP contribution in [-0.2, 0) is 27.0 Å². The van der Waals surface area contributed by atoms with Crippen LogP contribution in [0.3, 0.4) is 0 Å². The number of ether oxygens (including phenoxy) is 1. The summed E-state index contributed by atoms with van der Waals surface area (Å²) in [4.78, 5) is 27.5. The van der Waals surface area contributed by atoms with Crippen LogP contribution in [0.25, 0.3) is 10.8 Å². The molecule has 7 nitrogen and oxygen atoms in total. The van der Waals surface area contributed by atoms with Crippen molar-refractivity contribution in [3.05, 3.63) is 66.0 Å². The molecular weight excluding hydrogens is 485 g/mol. The number of carbonyl (C=O) groups excluding carboxylic acids is 2. The van der Waals surface area contributed by atoms with Gasteiger partial charge in [0.05, 0.1) is 0 Å². The molecule has 0 radical (unpaired) electrons. The topological polar surface area (TPSA) is 76.5 Å². The number of nitrogens with zero attached hydrogens (tertiary/aromatic N) is 3. The highest BCUT2D eigenvalue weighted by Gasteiger charge is 2.65. The first kappa shape index (κ1) is 25.3. The molecule has 2 atom stereocenters. The number of nitrogens with one attached hydrogen (secondary N) is 1. The lowest BCUT2D eigenvalue weighted by Gasteiger charge is -2.50. The lowest BCUT2D eigenvalue weighted by molar-refractivity contribution is -0.270. The number of alkyl halides is 3. The van der Waals surface area contributed by atoms with E-state index in [-0.39, 0.29) is 36.9 Å². The molecule has 2 saturated heterocycles. The van der Waals surface area contributed by atoms with Crippen molar-refractivity contribution in [3.63, 3.8) is 0 Å². The number of aromatic nitrogens is 2. The number of likely N-dealkylation sites (tertiary alicyclic amines) is 1. The molecule has 3 heterocycles. The third-order valence-corrected chi connectivity index (χ3v) is 8.19. The van der Waals surface area contributed by atoms with E-state index in [9.17, 15) is 22.8 Å². The van der Waals surface area contributed by atoms with Crippen molar-refractivity contribution in [3.8, 4) is 0 Å². The zero-order valence-electron chi connectivity index (χ0n) is 20.7. The number of aryl methyl sites for hydroxylation is 1. The normalized spacial score (nSPS) is 21.6. The maximum absolute atomic E-state index is 14.9. The molecule has 0 aliphatic carbocycles. The second-order valence-corrected chi connectivity index (χ2v) is 9.98. The van der Waals surface area contributed by atoms with Crippen LogP contribution in [0.1, 0.15) is 36.4 Å². The molecule has 0 bridgehead atoms. The summed E-state index contributed by atoms with van der Waals surface area (Å²) in [7, 11) is 2.76. The fourth-order valence-corrected chi connectivity index (χ4v) is 6.22. The van der Waals surface area contributed by atoms with Crippen LogP contribution >= 0.6 is 0 Å². The largest absolute Gasteiger partial charge is 0.431 e. The van der Waals surface area contributed by atoms with Crippen LogP contribution < -0.4 is 5.32 Å². The Hall–Kier alpha value is -3.40. The van der Waals surface area contributed by atoms with Crippen LogP contribution in [0.15, 0.2) is 54.7 Å². The summed E-state index contributed by atoms with van der Waals surface area (Å²) in [5.41, 5.74) is -2.89. The number of rotatable bonds is 4. The van der Waals surface area contributed by atoms with Gasteiger partial charge in [-0.15, -0.1) is 0 Å². The van der Waals surface area contributed by atoms with E-state index in [0.29, 0.717) is 30.2 Å². The maximum Gasteiger partial charge on any atom is 0.431 e. The number of amides is 2. The second-order valence-electron chi connectivity index (χ2n) is 9.98. The monoisotopic (exact) mass is 514 g/mol. The Morgan fingerprint density at radius 2 is 1.81 bits per heavy atom. The zero-order chi connectivity index (χ0) is 26.4. The second kappa shape index (κ2) is 9.16. The summed E-state index contributed by atoms with van der Waals surface area (Å²) in [6, 6.07) is 13.1. The van der Waals surface area contributed by atoms with Gasteiger partial charge < -0.3 is 15.0 Å². The van der Waals surface area contributed by atoms with Gasteiger partial charge in [-0.1, -0.05) is 42.5 Å². The quantitative estimate of drug-likeness (QED) is 0.573. The van der Waals surface area contributed by atoms with Gasteiger partial charge in [0, 0.05) is 63.6 Å². The Bertz CT molecular complexity index is 1320. The third kappa shape index (κ3) is 3.98. The van der Waals surface area contributed by atoms with Crippen molar-refractivity contribution < 1.29 is 27.5 Å². The van der Waals surface area contributed by atoms with Gasteiger partial charge in [-0.3, -0.25) is 14.3 Å². The van der Waals surface area contributed by atoms with Crippen molar-refractivity contribution in [2.24, 2.45) is 12.5 Å². The van der Waals surface area contributed by atoms with E-state index >= 15 is 0 Å². The number of piperidine rings is 2. The van der Waals surface area contributed by atoms with Gasteiger partial charge in [-0.25, -0.2) is 0 Å². The minimum Gasteiger partial charge on any atom is -0.356 e. The summed E-state index contributed by atoms with van der Waals surface area (Å²) in [6.07, 6.45) is -2.26. The first-order valence-corrected chi connectivity index (χ1v) is 12.3. The average Bonchev–Trinajstić information content (AvgIpc) is 3.30. The molecule has 1 spiro atoms. The third-order valence-electron chi connectivity index (χ3n) is 8.19. The molecule has 37 heavy (non-hydrogen) atoms. The van der Waals surface area contributed by atoms with Gasteiger partial charge in [-0.2, -0.15) is 18.3 Å². The van der Waals surface area contributed by atoms with Crippen molar-refractivity contribution >= 4 is 22.6 Å². The Kier molecular flexibility index (Phi) is 6.26. The average molecular weight is 515 g/mol. The first-order chi connectivity index (χ1) is 17.6. The van der Waals surface area contributed by atoms with Gasteiger partial charge in [0.25, 0.3) is 11.5 Å². The fourth-order valence-electron chi connectivity index (χ4n) is 6.22. The fraction of sp³-hybridized carbons (Fsp3) is 0.444. The number of hydrogen-bond donors (Lipinski definition) is 1. The van der Waals surface area contributed by atoms with Gasteiger partial charge in [0.15, 0.2) is 0 Å². The molecule has 2 aliphatic heterocycles. The molecular formula is C27H29F3N4O3. The van der Waals surface area contributed by atoms with E-state index in [2.05, 4.69) is 10.4 Å². The van der Waals surface area contributed by atoms with E-state index in [1.54, 1.807) is 41.2 Å². The maximum atomic E-state index is 14.9. The standard InChI is InChI=1S/C27H29F3N4O3/c1-33-22(10-13-32-33)21-17-31-23(35)16-25(21)11-14-34(15-12-25)24(36)26(37-2,27(28,29)30)20-9-5-7-18-6-3-4-8-19(18)20/h3-10,13,21H,11-12,14-17H2,1-2H3,(H,31,35)/t21-,26+/m0/s1. The number of hydrogen-bond acceptors (Lipinski definition) is 4. The molecule has 2 aliphatic rings. The predicted octanol–water partition coefficient (Wildman–Crippen LogP) is 3.89.